The summed E-state index contributed by atoms with van der Waals surface area (Å²) in [6, 6.07) is 6.59. The number of anilines is 1. The molecule has 0 amide bonds. The molecule has 0 aliphatic heterocycles. The SMILES string of the molecule is CCC(CC)CNc1ccc(C)cc1C. The highest BCUT2D eigenvalue weighted by atomic mass is 14.9. The van der Waals surface area contributed by atoms with Gasteiger partial charge in [0.05, 0.1) is 0 Å². The predicted molar refractivity (Wildman–Crippen MR) is 68.5 cm³/mol. The van der Waals surface area contributed by atoms with Gasteiger partial charge in [-0.3, -0.25) is 0 Å². The molecule has 0 saturated heterocycles. The molecule has 1 N–H and O–H groups in total. The molecule has 0 saturated carbocycles. The molecule has 0 unspecified atom stereocenters. The van der Waals surface area contributed by atoms with E-state index in [-0.39, 0.29) is 0 Å². The van der Waals surface area contributed by atoms with E-state index in [9.17, 15) is 0 Å². The van der Waals surface area contributed by atoms with E-state index in [0.29, 0.717) is 0 Å². The van der Waals surface area contributed by atoms with E-state index >= 15 is 0 Å². The first-order valence-corrected chi connectivity index (χ1v) is 5.98. The Morgan fingerprint density at radius 3 is 2.33 bits per heavy atom. The maximum absolute atomic E-state index is 3.54. The van der Waals surface area contributed by atoms with E-state index in [4.69, 9.17) is 0 Å². The molecule has 0 radical (unpaired) electrons. The van der Waals surface area contributed by atoms with Crippen molar-refractivity contribution in [3.8, 4) is 0 Å². The lowest BCUT2D eigenvalue weighted by molar-refractivity contribution is 0.519. The summed E-state index contributed by atoms with van der Waals surface area (Å²) in [6.45, 7) is 9.92. The quantitative estimate of drug-likeness (QED) is 0.761. The highest BCUT2D eigenvalue weighted by Gasteiger charge is 2.04. The van der Waals surface area contributed by atoms with Gasteiger partial charge < -0.3 is 5.32 Å². The van der Waals surface area contributed by atoms with Crippen LogP contribution in [0, 0.1) is 19.8 Å². The van der Waals surface area contributed by atoms with Gasteiger partial charge in [0.15, 0.2) is 0 Å². The standard InChI is InChI=1S/C14H23N/c1-5-13(6-2)10-15-14-8-7-11(3)9-12(14)4/h7-9,13,15H,5-6,10H2,1-4H3. The van der Waals surface area contributed by atoms with Crippen LogP contribution in [0.5, 0.6) is 0 Å². The smallest absolute Gasteiger partial charge is 0.0370 e. The Morgan fingerprint density at radius 2 is 1.80 bits per heavy atom. The summed E-state index contributed by atoms with van der Waals surface area (Å²) in [5.41, 5.74) is 3.97. The van der Waals surface area contributed by atoms with Gasteiger partial charge in [-0.1, -0.05) is 44.4 Å². The summed E-state index contributed by atoms with van der Waals surface area (Å²) in [5.74, 6) is 0.797. The molecule has 1 heteroatoms. The summed E-state index contributed by atoms with van der Waals surface area (Å²) < 4.78 is 0. The lowest BCUT2D eigenvalue weighted by Gasteiger charge is -2.16. The fourth-order valence-corrected chi connectivity index (χ4v) is 1.84. The van der Waals surface area contributed by atoms with Crippen LogP contribution in [0.1, 0.15) is 37.8 Å². The largest absolute Gasteiger partial charge is 0.385 e. The molecule has 1 rings (SSSR count). The minimum Gasteiger partial charge on any atom is -0.385 e. The fraction of sp³-hybridized carbons (Fsp3) is 0.571. The van der Waals surface area contributed by atoms with Crippen molar-refractivity contribution < 1.29 is 0 Å². The van der Waals surface area contributed by atoms with Crippen molar-refractivity contribution in [1.82, 2.24) is 0 Å². The number of aryl methyl sites for hydroxylation is 2. The third-order valence-electron chi connectivity index (χ3n) is 3.12. The molecule has 1 aromatic carbocycles. The number of nitrogens with one attached hydrogen (secondary N) is 1. The maximum atomic E-state index is 3.54. The highest BCUT2D eigenvalue weighted by Crippen LogP contribution is 2.17. The molecule has 84 valence electrons. The molecule has 0 atom stereocenters. The van der Waals surface area contributed by atoms with Gasteiger partial charge in [0.2, 0.25) is 0 Å². The molecule has 0 aromatic heterocycles. The molecular formula is C14H23N. The second kappa shape index (κ2) is 5.79. The summed E-state index contributed by atoms with van der Waals surface area (Å²) in [5, 5.41) is 3.54. The van der Waals surface area contributed by atoms with Crippen LogP contribution >= 0.6 is 0 Å². The first kappa shape index (κ1) is 12.1. The van der Waals surface area contributed by atoms with Gasteiger partial charge in [-0.2, -0.15) is 0 Å². The Hall–Kier alpha value is -0.980. The van der Waals surface area contributed by atoms with Gasteiger partial charge >= 0.3 is 0 Å². The average Bonchev–Trinajstić information content (AvgIpc) is 2.22. The Kier molecular flexibility index (Phi) is 4.67. The van der Waals surface area contributed by atoms with Crippen LogP contribution in [0.3, 0.4) is 0 Å². The minimum absolute atomic E-state index is 0.797. The van der Waals surface area contributed by atoms with E-state index in [1.54, 1.807) is 0 Å². The maximum Gasteiger partial charge on any atom is 0.0370 e. The zero-order valence-electron chi connectivity index (χ0n) is 10.4. The van der Waals surface area contributed by atoms with Gasteiger partial charge in [0, 0.05) is 12.2 Å². The van der Waals surface area contributed by atoms with Crippen LogP contribution in [-0.4, -0.2) is 6.54 Å². The van der Waals surface area contributed by atoms with E-state index in [1.807, 2.05) is 0 Å². The minimum atomic E-state index is 0.797. The third kappa shape index (κ3) is 3.58. The zero-order chi connectivity index (χ0) is 11.3. The van der Waals surface area contributed by atoms with Gasteiger partial charge in [-0.15, -0.1) is 0 Å². The lowest BCUT2D eigenvalue weighted by Crippen LogP contribution is -2.13. The Balaban J connectivity index is 2.57. The molecular weight excluding hydrogens is 182 g/mol. The van der Waals surface area contributed by atoms with Crippen LogP contribution in [0.25, 0.3) is 0 Å². The second-order valence-electron chi connectivity index (χ2n) is 4.38. The van der Waals surface area contributed by atoms with Gasteiger partial charge in [0.1, 0.15) is 0 Å². The topological polar surface area (TPSA) is 12.0 Å². The van der Waals surface area contributed by atoms with Gasteiger partial charge in [-0.25, -0.2) is 0 Å². The van der Waals surface area contributed by atoms with Crippen LogP contribution in [-0.2, 0) is 0 Å². The highest BCUT2D eigenvalue weighted by molar-refractivity contribution is 5.51. The van der Waals surface area contributed by atoms with Crippen LogP contribution in [0.15, 0.2) is 18.2 Å². The first-order valence-electron chi connectivity index (χ1n) is 5.98. The summed E-state index contributed by atoms with van der Waals surface area (Å²) in [6.07, 6.45) is 2.52. The van der Waals surface area contributed by atoms with Crippen molar-refractivity contribution in [3.05, 3.63) is 29.3 Å². The van der Waals surface area contributed by atoms with E-state index in [1.165, 1.54) is 29.7 Å². The summed E-state index contributed by atoms with van der Waals surface area (Å²) >= 11 is 0. The number of benzene rings is 1. The predicted octanol–water partition coefficient (Wildman–Crippen LogP) is 4.15. The van der Waals surface area contributed by atoms with E-state index in [2.05, 4.69) is 51.2 Å². The Bertz CT molecular complexity index is 300. The molecule has 0 heterocycles. The van der Waals surface area contributed by atoms with Crippen molar-refractivity contribution >= 4 is 5.69 Å². The summed E-state index contributed by atoms with van der Waals surface area (Å²) in [4.78, 5) is 0. The van der Waals surface area contributed by atoms with Gasteiger partial charge in [-0.05, 0) is 31.4 Å². The Labute approximate surface area is 93.9 Å². The van der Waals surface area contributed by atoms with Crippen molar-refractivity contribution in [3.63, 3.8) is 0 Å². The first-order chi connectivity index (χ1) is 7.17. The molecule has 0 fully saturated rings. The Morgan fingerprint density at radius 1 is 1.13 bits per heavy atom. The number of hydrogen-bond acceptors (Lipinski definition) is 1. The second-order valence-corrected chi connectivity index (χ2v) is 4.38. The van der Waals surface area contributed by atoms with Crippen LogP contribution in [0.2, 0.25) is 0 Å². The molecule has 0 aliphatic rings. The van der Waals surface area contributed by atoms with Crippen LogP contribution in [0.4, 0.5) is 5.69 Å². The van der Waals surface area contributed by atoms with Crippen molar-refractivity contribution in [2.75, 3.05) is 11.9 Å². The number of rotatable bonds is 5. The molecule has 1 nitrogen and oxygen atoms in total. The third-order valence-corrected chi connectivity index (χ3v) is 3.12. The van der Waals surface area contributed by atoms with E-state index in [0.717, 1.165) is 12.5 Å². The fourth-order valence-electron chi connectivity index (χ4n) is 1.84. The molecule has 0 bridgehead atoms. The van der Waals surface area contributed by atoms with Gasteiger partial charge in [0.25, 0.3) is 0 Å². The zero-order valence-corrected chi connectivity index (χ0v) is 10.4. The molecule has 0 spiro atoms. The summed E-state index contributed by atoms with van der Waals surface area (Å²) in [7, 11) is 0. The molecule has 15 heavy (non-hydrogen) atoms. The van der Waals surface area contributed by atoms with Crippen molar-refractivity contribution in [1.29, 1.82) is 0 Å². The molecule has 0 aliphatic carbocycles. The van der Waals surface area contributed by atoms with Crippen LogP contribution < -0.4 is 5.32 Å². The van der Waals surface area contributed by atoms with Crippen molar-refractivity contribution in [2.45, 2.75) is 40.5 Å². The monoisotopic (exact) mass is 205 g/mol. The number of hydrogen-bond donors (Lipinski definition) is 1. The average molecular weight is 205 g/mol. The van der Waals surface area contributed by atoms with Crippen molar-refractivity contribution in [2.24, 2.45) is 5.92 Å². The van der Waals surface area contributed by atoms with E-state index < -0.39 is 0 Å². The normalized spacial score (nSPS) is 10.7. The lowest BCUT2D eigenvalue weighted by atomic mass is 10.0. The molecule has 1 aromatic rings.